The van der Waals surface area contributed by atoms with Crippen LogP contribution in [-0.4, -0.2) is 89.2 Å². The van der Waals surface area contributed by atoms with Crippen LogP contribution in [0, 0.1) is 10.1 Å². The molecule has 2 fully saturated rings. The van der Waals surface area contributed by atoms with E-state index in [1.54, 1.807) is 17.3 Å². The highest BCUT2D eigenvalue weighted by atomic mass is 79.9. The number of hydrogen-bond donors (Lipinski definition) is 1. The molecular weight excluding hydrogens is 496 g/mol. The minimum atomic E-state index is -0.494. The van der Waals surface area contributed by atoms with Crippen molar-refractivity contribution in [1.82, 2.24) is 19.8 Å². The molecule has 1 aromatic carbocycles. The average Bonchev–Trinajstić information content (AvgIpc) is 3.29. The number of nitrogens with zero attached hydrogens (tertiary/aromatic N) is 5. The molecular formula is C21H25BrN6O5. The number of aromatic nitrogens is 2. The number of halogens is 1. The summed E-state index contributed by atoms with van der Waals surface area (Å²) >= 11 is 3.30. The molecule has 2 aromatic rings. The fourth-order valence-corrected chi connectivity index (χ4v) is 4.04. The monoisotopic (exact) mass is 520 g/mol. The molecule has 1 N–H and O–H groups in total. The van der Waals surface area contributed by atoms with Gasteiger partial charge in [-0.25, -0.2) is 9.97 Å². The molecule has 1 atom stereocenters. The van der Waals surface area contributed by atoms with E-state index in [4.69, 9.17) is 9.47 Å². The molecule has 3 heterocycles. The Hall–Kier alpha value is -2.83. The average molecular weight is 521 g/mol. The van der Waals surface area contributed by atoms with E-state index < -0.39 is 4.92 Å². The number of nitro groups is 1. The quantitative estimate of drug-likeness (QED) is 0.411. The Balaban J connectivity index is 1.37. The van der Waals surface area contributed by atoms with Gasteiger partial charge in [0.2, 0.25) is 5.95 Å². The number of amides is 1. The molecule has 4 rings (SSSR count). The van der Waals surface area contributed by atoms with Gasteiger partial charge in [-0.05, 0) is 28.4 Å². The van der Waals surface area contributed by atoms with Crippen LogP contribution in [0.25, 0.3) is 0 Å². The number of nitrogens with one attached hydrogen (secondary N) is 1. The van der Waals surface area contributed by atoms with Gasteiger partial charge in [-0.2, -0.15) is 0 Å². The van der Waals surface area contributed by atoms with E-state index in [0.717, 1.165) is 24.0 Å². The minimum Gasteiger partial charge on any atom is -0.485 e. The van der Waals surface area contributed by atoms with Crippen LogP contribution < -0.4 is 10.1 Å². The van der Waals surface area contributed by atoms with Crippen molar-refractivity contribution in [1.29, 1.82) is 0 Å². The third-order valence-electron chi connectivity index (χ3n) is 5.60. The molecule has 1 amide bonds. The van der Waals surface area contributed by atoms with Crippen molar-refractivity contribution in [3.05, 3.63) is 50.7 Å². The summed E-state index contributed by atoms with van der Waals surface area (Å²) in [6.07, 6.45) is 4.07. The number of ether oxygens (including phenoxy) is 2. The van der Waals surface area contributed by atoms with Gasteiger partial charge >= 0.3 is 5.69 Å². The van der Waals surface area contributed by atoms with Crippen molar-refractivity contribution in [3.8, 4) is 5.75 Å². The lowest BCUT2D eigenvalue weighted by atomic mass is 10.1. The summed E-state index contributed by atoms with van der Waals surface area (Å²) in [5.41, 5.74) is 0.212. The summed E-state index contributed by atoms with van der Waals surface area (Å²) in [5, 5.41) is 14.7. The maximum absolute atomic E-state index is 13.1. The van der Waals surface area contributed by atoms with Crippen LogP contribution in [0.15, 0.2) is 35.1 Å². The van der Waals surface area contributed by atoms with Crippen molar-refractivity contribution in [3.63, 3.8) is 0 Å². The number of carbonyl (C=O) groups excluding carboxylic acids is 1. The Morgan fingerprint density at radius 2 is 2.03 bits per heavy atom. The lowest BCUT2D eigenvalue weighted by Gasteiger charge is -2.26. The van der Waals surface area contributed by atoms with Crippen LogP contribution in [0.1, 0.15) is 16.8 Å². The highest BCUT2D eigenvalue weighted by Crippen LogP contribution is 2.29. The van der Waals surface area contributed by atoms with Gasteiger partial charge in [-0.1, -0.05) is 0 Å². The van der Waals surface area contributed by atoms with E-state index in [1.807, 2.05) is 0 Å². The lowest BCUT2D eigenvalue weighted by Crippen LogP contribution is -2.38. The highest BCUT2D eigenvalue weighted by Gasteiger charge is 2.29. The largest absolute Gasteiger partial charge is 0.485 e. The topological polar surface area (TPSA) is 123 Å². The third-order valence-corrected chi connectivity index (χ3v) is 6.01. The van der Waals surface area contributed by atoms with Gasteiger partial charge in [0.1, 0.15) is 6.61 Å². The summed E-state index contributed by atoms with van der Waals surface area (Å²) in [6, 6.07) is 4.31. The van der Waals surface area contributed by atoms with Gasteiger partial charge in [0.05, 0.1) is 22.6 Å². The molecule has 0 bridgehead atoms. The Kier molecular flexibility index (Phi) is 7.68. The van der Waals surface area contributed by atoms with E-state index >= 15 is 0 Å². The maximum Gasteiger partial charge on any atom is 0.310 e. The first-order valence-corrected chi connectivity index (χ1v) is 11.5. The molecule has 0 radical (unpaired) electrons. The number of likely N-dealkylation sites (tertiary alicyclic amines) is 1. The predicted molar refractivity (Wildman–Crippen MR) is 124 cm³/mol. The second-order valence-corrected chi connectivity index (χ2v) is 8.76. The Morgan fingerprint density at radius 1 is 1.27 bits per heavy atom. The number of hydrogen-bond acceptors (Lipinski definition) is 9. The maximum atomic E-state index is 13.1. The molecule has 1 aromatic heterocycles. The molecule has 0 unspecified atom stereocenters. The van der Waals surface area contributed by atoms with Gasteiger partial charge in [0.25, 0.3) is 5.91 Å². The lowest BCUT2D eigenvalue weighted by molar-refractivity contribution is -0.385. The Morgan fingerprint density at radius 3 is 2.76 bits per heavy atom. The number of benzene rings is 1. The summed E-state index contributed by atoms with van der Waals surface area (Å²) in [7, 11) is 0. The number of anilines is 1. The fraction of sp³-hybridized carbons (Fsp3) is 0.476. The van der Waals surface area contributed by atoms with E-state index in [2.05, 4.69) is 36.1 Å². The first-order valence-electron chi connectivity index (χ1n) is 10.7. The van der Waals surface area contributed by atoms with Gasteiger partial charge in [-0.3, -0.25) is 19.8 Å². The molecule has 12 heteroatoms. The van der Waals surface area contributed by atoms with Crippen LogP contribution in [0.4, 0.5) is 11.6 Å². The first-order chi connectivity index (χ1) is 16.0. The highest BCUT2D eigenvalue weighted by molar-refractivity contribution is 9.10. The zero-order chi connectivity index (χ0) is 23.2. The third kappa shape index (κ3) is 6.15. The van der Waals surface area contributed by atoms with Gasteiger partial charge in [0.15, 0.2) is 5.75 Å². The summed E-state index contributed by atoms with van der Waals surface area (Å²) in [4.78, 5) is 36.3. The van der Waals surface area contributed by atoms with Crippen LogP contribution in [0.5, 0.6) is 5.75 Å². The SMILES string of the molecule is O=C(c1ccc([N+](=O)[O-])c(OCCN2CCOCC2)c1)N1CC[C@@H](Nc2ncc(Br)cn2)C1. The molecule has 176 valence electrons. The second kappa shape index (κ2) is 10.9. The predicted octanol–water partition coefficient (Wildman–Crippen LogP) is 2.18. The van der Waals surface area contributed by atoms with Crippen molar-refractivity contribution >= 4 is 33.5 Å². The van der Waals surface area contributed by atoms with E-state index in [0.29, 0.717) is 51.0 Å². The Bertz CT molecular complexity index is 986. The smallest absolute Gasteiger partial charge is 0.310 e. The molecule has 0 saturated carbocycles. The van der Waals surface area contributed by atoms with Crippen molar-refractivity contribution in [2.24, 2.45) is 0 Å². The van der Waals surface area contributed by atoms with Gasteiger partial charge < -0.3 is 19.7 Å². The first kappa shape index (κ1) is 23.3. The van der Waals surface area contributed by atoms with E-state index in [1.165, 1.54) is 18.2 Å². The second-order valence-electron chi connectivity index (χ2n) is 7.85. The van der Waals surface area contributed by atoms with Crippen LogP contribution >= 0.6 is 15.9 Å². The fourth-order valence-electron chi connectivity index (χ4n) is 3.84. The van der Waals surface area contributed by atoms with Gasteiger partial charge in [0, 0.05) is 68.9 Å². The summed E-state index contributed by atoms with van der Waals surface area (Å²) in [5.74, 6) is 0.420. The Labute approximate surface area is 199 Å². The summed E-state index contributed by atoms with van der Waals surface area (Å²) < 4.78 is 11.9. The zero-order valence-electron chi connectivity index (χ0n) is 18.0. The molecule has 0 aliphatic carbocycles. The van der Waals surface area contributed by atoms with E-state index in [-0.39, 0.29) is 23.4 Å². The van der Waals surface area contributed by atoms with Crippen LogP contribution in [0.2, 0.25) is 0 Å². The number of morpholine rings is 1. The molecule has 11 nitrogen and oxygen atoms in total. The molecule has 0 spiro atoms. The number of nitro benzene ring substituents is 1. The minimum absolute atomic E-state index is 0.0254. The molecule has 33 heavy (non-hydrogen) atoms. The van der Waals surface area contributed by atoms with Gasteiger partial charge in [-0.15, -0.1) is 0 Å². The van der Waals surface area contributed by atoms with E-state index in [9.17, 15) is 14.9 Å². The molecule has 2 aliphatic rings. The van der Waals surface area contributed by atoms with Crippen molar-refractivity contribution < 1.29 is 19.2 Å². The number of carbonyl (C=O) groups is 1. The van der Waals surface area contributed by atoms with Crippen LogP contribution in [-0.2, 0) is 4.74 Å². The summed E-state index contributed by atoms with van der Waals surface area (Å²) in [6.45, 7) is 4.93. The standard InChI is InChI=1S/C21H25BrN6O5/c22-16-12-23-21(24-13-16)25-17-3-4-27(14-17)20(29)15-1-2-18(28(30)31)19(11-15)33-10-7-26-5-8-32-9-6-26/h1-2,11-13,17H,3-10,14H2,(H,23,24,25)/t17-/m1/s1. The van der Waals surface area contributed by atoms with Crippen LogP contribution in [0.3, 0.4) is 0 Å². The van der Waals surface area contributed by atoms with Crippen molar-refractivity contribution in [2.45, 2.75) is 12.5 Å². The molecule has 2 saturated heterocycles. The normalized spacial score (nSPS) is 18.8. The number of rotatable bonds is 8. The van der Waals surface area contributed by atoms with Crippen molar-refractivity contribution in [2.75, 3.05) is 57.9 Å². The molecule has 2 aliphatic heterocycles. The zero-order valence-corrected chi connectivity index (χ0v) is 19.6.